The highest BCUT2D eigenvalue weighted by Gasteiger charge is 2.14. The van der Waals surface area contributed by atoms with Gasteiger partial charge in [-0.1, -0.05) is 24.6 Å². The van der Waals surface area contributed by atoms with Crippen LogP contribution >= 0.6 is 22.9 Å². The summed E-state index contributed by atoms with van der Waals surface area (Å²) in [5.41, 5.74) is 2.37. The standard InChI is InChI=1S/C22H21ClN2O3S/c1-3-10-28-16-7-9-18(14(2)12-16)24-21(26)15-6-8-17(23)19(13-15)25-22(27)20-5-4-11-29-20/h4-9,11-13H,3,10H2,1-2H3,(H,24,26)(H,25,27). The van der Waals surface area contributed by atoms with Gasteiger partial charge in [0.05, 0.1) is 22.2 Å². The zero-order chi connectivity index (χ0) is 20.8. The lowest BCUT2D eigenvalue weighted by molar-refractivity contribution is 0.101. The third kappa shape index (κ3) is 5.37. The highest BCUT2D eigenvalue weighted by atomic mass is 35.5. The van der Waals surface area contributed by atoms with E-state index in [0.29, 0.717) is 33.4 Å². The minimum atomic E-state index is -0.293. The van der Waals surface area contributed by atoms with Gasteiger partial charge in [-0.25, -0.2) is 0 Å². The maximum Gasteiger partial charge on any atom is 0.265 e. The highest BCUT2D eigenvalue weighted by Crippen LogP contribution is 2.26. The average Bonchev–Trinajstić information content (AvgIpc) is 3.25. The van der Waals surface area contributed by atoms with E-state index in [1.54, 1.807) is 30.3 Å². The zero-order valence-corrected chi connectivity index (χ0v) is 17.7. The summed E-state index contributed by atoms with van der Waals surface area (Å²) in [6.07, 6.45) is 0.930. The van der Waals surface area contributed by atoms with Crippen LogP contribution < -0.4 is 15.4 Å². The number of nitrogens with one attached hydrogen (secondary N) is 2. The number of rotatable bonds is 7. The van der Waals surface area contributed by atoms with Gasteiger partial charge in [-0.15, -0.1) is 11.3 Å². The summed E-state index contributed by atoms with van der Waals surface area (Å²) >= 11 is 7.53. The fourth-order valence-electron chi connectivity index (χ4n) is 2.63. The second kappa shape index (κ2) is 9.58. The first-order valence-corrected chi connectivity index (χ1v) is 10.4. The predicted octanol–water partition coefficient (Wildman–Crippen LogP) is 6.00. The van der Waals surface area contributed by atoms with E-state index in [4.69, 9.17) is 16.3 Å². The molecule has 3 aromatic rings. The maximum atomic E-state index is 12.7. The van der Waals surface area contributed by atoms with Crippen LogP contribution in [0.15, 0.2) is 53.9 Å². The second-order valence-corrected chi connectivity index (χ2v) is 7.76. The summed E-state index contributed by atoms with van der Waals surface area (Å²) in [6.45, 7) is 4.60. The van der Waals surface area contributed by atoms with Gasteiger partial charge in [0.2, 0.25) is 0 Å². The summed E-state index contributed by atoms with van der Waals surface area (Å²) in [4.78, 5) is 25.6. The van der Waals surface area contributed by atoms with Crippen LogP contribution in [0.2, 0.25) is 5.02 Å². The third-order valence-corrected chi connectivity index (χ3v) is 5.34. The van der Waals surface area contributed by atoms with Crippen molar-refractivity contribution in [1.82, 2.24) is 0 Å². The van der Waals surface area contributed by atoms with E-state index in [2.05, 4.69) is 10.6 Å². The van der Waals surface area contributed by atoms with Crippen LogP contribution in [0.25, 0.3) is 0 Å². The number of thiophene rings is 1. The predicted molar refractivity (Wildman–Crippen MR) is 119 cm³/mol. The van der Waals surface area contributed by atoms with E-state index < -0.39 is 0 Å². The van der Waals surface area contributed by atoms with Crippen LogP contribution in [0.3, 0.4) is 0 Å². The monoisotopic (exact) mass is 428 g/mol. The Hall–Kier alpha value is -2.83. The number of benzene rings is 2. The van der Waals surface area contributed by atoms with Crippen molar-refractivity contribution in [3.8, 4) is 5.75 Å². The molecule has 0 fully saturated rings. The molecule has 1 aromatic heterocycles. The van der Waals surface area contributed by atoms with Crippen molar-refractivity contribution < 1.29 is 14.3 Å². The Labute approximate surface area is 178 Å². The summed E-state index contributed by atoms with van der Waals surface area (Å²) in [5.74, 6) is 0.212. The highest BCUT2D eigenvalue weighted by molar-refractivity contribution is 7.12. The summed E-state index contributed by atoms with van der Waals surface area (Å²) in [5, 5.41) is 7.82. The lowest BCUT2D eigenvalue weighted by Gasteiger charge is -2.12. The van der Waals surface area contributed by atoms with Crippen molar-refractivity contribution in [2.75, 3.05) is 17.2 Å². The lowest BCUT2D eigenvalue weighted by Crippen LogP contribution is -2.15. The number of ether oxygens (including phenoxy) is 1. The molecule has 0 aliphatic carbocycles. The molecule has 2 N–H and O–H groups in total. The van der Waals surface area contributed by atoms with E-state index in [1.165, 1.54) is 11.3 Å². The van der Waals surface area contributed by atoms with Gasteiger partial charge in [0.25, 0.3) is 11.8 Å². The second-order valence-electron chi connectivity index (χ2n) is 6.41. The van der Waals surface area contributed by atoms with Crippen LogP contribution in [0.1, 0.15) is 38.9 Å². The Morgan fingerprint density at radius 1 is 1.03 bits per heavy atom. The van der Waals surface area contributed by atoms with E-state index in [9.17, 15) is 9.59 Å². The molecule has 0 saturated carbocycles. The van der Waals surface area contributed by atoms with Gasteiger partial charge in [0, 0.05) is 11.3 Å². The van der Waals surface area contributed by atoms with Crippen LogP contribution in [0.4, 0.5) is 11.4 Å². The number of hydrogen-bond donors (Lipinski definition) is 2. The van der Waals surface area contributed by atoms with Crippen molar-refractivity contribution >= 4 is 46.1 Å². The van der Waals surface area contributed by atoms with Gasteiger partial charge in [0.15, 0.2) is 0 Å². The minimum Gasteiger partial charge on any atom is -0.494 e. The number of aryl methyl sites for hydroxylation is 1. The van der Waals surface area contributed by atoms with Gasteiger partial charge in [-0.05, 0) is 66.8 Å². The number of anilines is 2. The molecule has 0 radical (unpaired) electrons. The van der Waals surface area contributed by atoms with Gasteiger partial charge in [-0.2, -0.15) is 0 Å². The fourth-order valence-corrected chi connectivity index (χ4v) is 3.42. The summed E-state index contributed by atoms with van der Waals surface area (Å²) < 4.78 is 5.61. The molecule has 5 nitrogen and oxygen atoms in total. The number of amides is 2. The topological polar surface area (TPSA) is 67.4 Å². The molecule has 0 aliphatic rings. The van der Waals surface area contributed by atoms with E-state index in [0.717, 1.165) is 17.7 Å². The van der Waals surface area contributed by atoms with Crippen molar-refractivity contribution in [1.29, 1.82) is 0 Å². The van der Waals surface area contributed by atoms with Crippen LogP contribution in [-0.4, -0.2) is 18.4 Å². The smallest absolute Gasteiger partial charge is 0.265 e. The summed E-state index contributed by atoms with van der Waals surface area (Å²) in [6, 6.07) is 13.8. The van der Waals surface area contributed by atoms with Crippen LogP contribution in [0.5, 0.6) is 5.75 Å². The van der Waals surface area contributed by atoms with Crippen molar-refractivity contribution in [2.24, 2.45) is 0 Å². The molecular weight excluding hydrogens is 408 g/mol. The van der Waals surface area contributed by atoms with E-state index in [-0.39, 0.29) is 11.8 Å². The molecule has 0 atom stereocenters. The molecule has 150 valence electrons. The molecule has 7 heteroatoms. The molecule has 0 saturated heterocycles. The van der Waals surface area contributed by atoms with Gasteiger partial charge >= 0.3 is 0 Å². The van der Waals surface area contributed by atoms with Crippen molar-refractivity contribution in [2.45, 2.75) is 20.3 Å². The van der Waals surface area contributed by atoms with Gasteiger partial charge < -0.3 is 15.4 Å². The van der Waals surface area contributed by atoms with Gasteiger partial charge in [-0.3, -0.25) is 9.59 Å². The van der Waals surface area contributed by atoms with Crippen LogP contribution in [0, 0.1) is 6.92 Å². The molecular formula is C22H21ClN2O3S. The molecule has 2 amide bonds. The van der Waals surface area contributed by atoms with E-state index >= 15 is 0 Å². The third-order valence-electron chi connectivity index (χ3n) is 4.14. The van der Waals surface area contributed by atoms with E-state index in [1.807, 2.05) is 37.4 Å². The largest absolute Gasteiger partial charge is 0.494 e. The Kier molecular flexibility index (Phi) is 6.90. The number of carbonyl (C=O) groups excluding carboxylic acids is 2. The summed E-state index contributed by atoms with van der Waals surface area (Å²) in [7, 11) is 0. The first kappa shape index (κ1) is 20.9. The molecule has 0 spiro atoms. The lowest BCUT2D eigenvalue weighted by atomic mass is 10.1. The minimum absolute atomic E-state index is 0.266. The SMILES string of the molecule is CCCOc1ccc(NC(=O)c2ccc(Cl)c(NC(=O)c3cccs3)c2)c(C)c1. The van der Waals surface area contributed by atoms with Gasteiger partial charge in [0.1, 0.15) is 5.75 Å². The molecule has 0 aliphatic heterocycles. The van der Waals surface area contributed by atoms with Crippen molar-refractivity contribution in [3.05, 3.63) is 74.9 Å². The number of halogens is 1. The average molecular weight is 429 g/mol. The molecule has 2 aromatic carbocycles. The Morgan fingerprint density at radius 3 is 2.52 bits per heavy atom. The first-order valence-electron chi connectivity index (χ1n) is 9.17. The Morgan fingerprint density at radius 2 is 1.83 bits per heavy atom. The zero-order valence-electron chi connectivity index (χ0n) is 16.1. The Bertz CT molecular complexity index is 1020. The first-order chi connectivity index (χ1) is 14.0. The number of carbonyl (C=O) groups is 2. The molecule has 0 unspecified atom stereocenters. The number of hydrogen-bond acceptors (Lipinski definition) is 4. The normalized spacial score (nSPS) is 10.4. The van der Waals surface area contributed by atoms with Crippen LogP contribution in [-0.2, 0) is 0 Å². The molecule has 29 heavy (non-hydrogen) atoms. The maximum absolute atomic E-state index is 12.7. The van der Waals surface area contributed by atoms with Crippen molar-refractivity contribution in [3.63, 3.8) is 0 Å². The quantitative estimate of drug-likeness (QED) is 0.484. The fraction of sp³-hybridized carbons (Fsp3) is 0.182. The molecule has 1 heterocycles. The Balaban J connectivity index is 1.73. The molecule has 3 rings (SSSR count). The molecule has 0 bridgehead atoms.